The van der Waals surface area contributed by atoms with Gasteiger partial charge in [-0.05, 0) is 24.3 Å². The molecule has 0 atom stereocenters. The second kappa shape index (κ2) is 5.46. The summed E-state index contributed by atoms with van der Waals surface area (Å²) in [7, 11) is 0. The van der Waals surface area contributed by atoms with Crippen LogP contribution in [0.3, 0.4) is 0 Å². The summed E-state index contributed by atoms with van der Waals surface area (Å²) in [6, 6.07) is 13.2. The van der Waals surface area contributed by atoms with Crippen LogP contribution in [0.15, 0.2) is 48.5 Å². The number of fused-ring (bicyclic) bond motifs is 1. The van der Waals surface area contributed by atoms with Gasteiger partial charge in [-0.15, -0.1) is 0 Å². The van der Waals surface area contributed by atoms with Crippen molar-refractivity contribution < 1.29 is 13.2 Å². The Morgan fingerprint density at radius 1 is 0.909 bits per heavy atom. The number of benzene rings is 2. The Balaban J connectivity index is 2.17. The number of para-hydroxylation sites is 2. The molecule has 0 unspecified atom stereocenters. The van der Waals surface area contributed by atoms with Crippen LogP contribution in [0.25, 0.3) is 10.9 Å². The predicted molar refractivity (Wildman–Crippen MR) is 79.3 cm³/mol. The molecule has 1 heterocycles. The highest BCUT2D eigenvalue weighted by molar-refractivity contribution is 6.33. The van der Waals surface area contributed by atoms with Crippen LogP contribution in [0.1, 0.15) is 5.82 Å². The molecule has 0 saturated heterocycles. The molecule has 0 aliphatic rings. The number of rotatable bonds is 2. The van der Waals surface area contributed by atoms with Gasteiger partial charge in [-0.1, -0.05) is 35.9 Å². The minimum absolute atomic E-state index is 0.0611. The maximum atomic E-state index is 12.9. The Labute approximate surface area is 128 Å². The summed E-state index contributed by atoms with van der Waals surface area (Å²) >= 11 is 6.03. The first-order chi connectivity index (χ1) is 10.4. The summed E-state index contributed by atoms with van der Waals surface area (Å²) in [5.74, 6) is -1.13. The zero-order chi connectivity index (χ0) is 15.7. The zero-order valence-electron chi connectivity index (χ0n) is 11.0. The van der Waals surface area contributed by atoms with Gasteiger partial charge in [-0.25, -0.2) is 9.97 Å². The molecule has 0 spiro atoms. The summed E-state index contributed by atoms with van der Waals surface area (Å²) < 4.78 is 38.8. The average molecular weight is 324 g/mol. The second-order valence-corrected chi connectivity index (χ2v) is 4.92. The second-order valence-electron chi connectivity index (χ2n) is 4.52. The molecule has 0 saturated carbocycles. The monoisotopic (exact) mass is 323 g/mol. The van der Waals surface area contributed by atoms with Crippen molar-refractivity contribution in [1.29, 1.82) is 0 Å². The highest BCUT2D eigenvalue weighted by Crippen LogP contribution is 2.32. The number of anilines is 2. The van der Waals surface area contributed by atoms with Crippen molar-refractivity contribution in [1.82, 2.24) is 9.97 Å². The Morgan fingerprint density at radius 3 is 2.32 bits per heavy atom. The lowest BCUT2D eigenvalue weighted by Gasteiger charge is -2.13. The summed E-state index contributed by atoms with van der Waals surface area (Å²) in [4.78, 5) is 7.16. The molecule has 1 N–H and O–H groups in total. The number of alkyl halides is 3. The highest BCUT2D eigenvalue weighted by atomic mass is 35.5. The molecule has 0 aliphatic carbocycles. The van der Waals surface area contributed by atoms with E-state index in [1.165, 1.54) is 6.07 Å². The van der Waals surface area contributed by atoms with E-state index in [0.717, 1.165) is 0 Å². The molecule has 1 aromatic heterocycles. The van der Waals surface area contributed by atoms with Crippen LogP contribution in [-0.2, 0) is 6.18 Å². The van der Waals surface area contributed by atoms with Crippen LogP contribution in [-0.4, -0.2) is 9.97 Å². The van der Waals surface area contributed by atoms with Gasteiger partial charge in [-0.2, -0.15) is 13.2 Å². The van der Waals surface area contributed by atoms with Crippen molar-refractivity contribution in [3.05, 3.63) is 59.4 Å². The molecule has 3 aromatic rings. The van der Waals surface area contributed by atoms with E-state index < -0.39 is 12.0 Å². The lowest BCUT2D eigenvalue weighted by Crippen LogP contribution is -2.12. The van der Waals surface area contributed by atoms with Gasteiger partial charge in [-0.3, -0.25) is 0 Å². The van der Waals surface area contributed by atoms with E-state index in [1.54, 1.807) is 42.5 Å². The third-order valence-corrected chi connectivity index (χ3v) is 3.31. The van der Waals surface area contributed by atoms with Gasteiger partial charge < -0.3 is 5.32 Å². The molecule has 3 rings (SSSR count). The van der Waals surface area contributed by atoms with Gasteiger partial charge in [0, 0.05) is 5.39 Å². The van der Waals surface area contributed by atoms with Gasteiger partial charge in [0.15, 0.2) is 0 Å². The molecule has 0 bridgehead atoms. The van der Waals surface area contributed by atoms with Gasteiger partial charge in [0.25, 0.3) is 0 Å². The van der Waals surface area contributed by atoms with Crippen molar-refractivity contribution in [3.8, 4) is 0 Å². The highest BCUT2D eigenvalue weighted by Gasteiger charge is 2.35. The summed E-state index contributed by atoms with van der Waals surface area (Å²) in [6.45, 7) is 0. The lowest BCUT2D eigenvalue weighted by molar-refractivity contribution is -0.144. The molecule has 0 amide bonds. The lowest BCUT2D eigenvalue weighted by atomic mass is 10.2. The summed E-state index contributed by atoms with van der Waals surface area (Å²) in [5.41, 5.74) is 0.681. The van der Waals surface area contributed by atoms with E-state index in [9.17, 15) is 13.2 Å². The van der Waals surface area contributed by atoms with Gasteiger partial charge in [0.2, 0.25) is 5.82 Å². The van der Waals surface area contributed by atoms with Gasteiger partial charge in [0.1, 0.15) is 5.82 Å². The predicted octanol–water partition coefficient (Wildman–Crippen LogP) is 5.05. The van der Waals surface area contributed by atoms with E-state index in [2.05, 4.69) is 15.3 Å². The first-order valence-corrected chi connectivity index (χ1v) is 6.68. The maximum absolute atomic E-state index is 12.9. The standard InChI is InChI=1S/C15H9ClF3N3/c16-10-6-2-4-8-12(10)20-13-9-5-1-3-7-11(9)21-14(22-13)15(17,18)19/h1-8H,(H,20,21,22). The number of hydrogen-bond donors (Lipinski definition) is 1. The SMILES string of the molecule is FC(F)(F)c1nc(Nc2ccccc2Cl)c2ccccc2n1. The Hall–Kier alpha value is -2.34. The van der Waals surface area contributed by atoms with Gasteiger partial charge >= 0.3 is 6.18 Å². The molecule has 112 valence electrons. The molecule has 0 radical (unpaired) electrons. The number of nitrogens with one attached hydrogen (secondary N) is 1. The minimum Gasteiger partial charge on any atom is -0.338 e. The van der Waals surface area contributed by atoms with E-state index in [0.29, 0.717) is 16.1 Å². The third kappa shape index (κ3) is 2.82. The number of hydrogen-bond acceptors (Lipinski definition) is 3. The number of nitrogens with zero attached hydrogens (tertiary/aromatic N) is 2. The fourth-order valence-electron chi connectivity index (χ4n) is 1.99. The first kappa shape index (κ1) is 14.6. The van der Waals surface area contributed by atoms with Crippen LogP contribution in [0.5, 0.6) is 0 Å². The Morgan fingerprint density at radius 2 is 1.59 bits per heavy atom. The molecule has 7 heteroatoms. The molecule has 22 heavy (non-hydrogen) atoms. The quantitative estimate of drug-likeness (QED) is 0.717. The molecule has 0 fully saturated rings. The van der Waals surface area contributed by atoms with E-state index in [1.807, 2.05) is 0 Å². The number of aromatic nitrogens is 2. The van der Waals surface area contributed by atoms with Crippen LogP contribution < -0.4 is 5.32 Å². The topological polar surface area (TPSA) is 37.8 Å². The zero-order valence-corrected chi connectivity index (χ0v) is 11.8. The molecule has 2 aromatic carbocycles. The largest absolute Gasteiger partial charge is 0.451 e. The van der Waals surface area contributed by atoms with E-state index in [4.69, 9.17) is 11.6 Å². The van der Waals surface area contributed by atoms with Crippen LogP contribution >= 0.6 is 11.6 Å². The third-order valence-electron chi connectivity index (χ3n) is 2.98. The average Bonchev–Trinajstić information content (AvgIpc) is 2.48. The maximum Gasteiger partial charge on any atom is 0.451 e. The molecular formula is C15H9ClF3N3. The molecular weight excluding hydrogens is 315 g/mol. The Kier molecular flexibility index (Phi) is 3.62. The van der Waals surface area contributed by atoms with Crippen LogP contribution in [0.2, 0.25) is 5.02 Å². The van der Waals surface area contributed by atoms with Gasteiger partial charge in [0.05, 0.1) is 16.2 Å². The smallest absolute Gasteiger partial charge is 0.338 e. The molecule has 0 aliphatic heterocycles. The fourth-order valence-corrected chi connectivity index (χ4v) is 2.17. The summed E-state index contributed by atoms with van der Waals surface area (Å²) in [6.07, 6.45) is -4.62. The number of halogens is 4. The molecule has 3 nitrogen and oxygen atoms in total. The van der Waals surface area contributed by atoms with Crippen molar-refractivity contribution in [2.45, 2.75) is 6.18 Å². The van der Waals surface area contributed by atoms with E-state index in [-0.39, 0.29) is 11.3 Å². The first-order valence-electron chi connectivity index (χ1n) is 6.31. The normalized spacial score (nSPS) is 11.6. The van der Waals surface area contributed by atoms with Crippen molar-refractivity contribution in [3.63, 3.8) is 0 Å². The fraction of sp³-hybridized carbons (Fsp3) is 0.0667. The van der Waals surface area contributed by atoms with E-state index >= 15 is 0 Å². The Bertz CT molecular complexity index is 834. The van der Waals surface area contributed by atoms with Crippen molar-refractivity contribution in [2.24, 2.45) is 0 Å². The summed E-state index contributed by atoms with van der Waals surface area (Å²) in [5, 5.41) is 3.71. The van der Waals surface area contributed by atoms with Crippen LogP contribution in [0.4, 0.5) is 24.7 Å². The van der Waals surface area contributed by atoms with Crippen molar-refractivity contribution >= 4 is 34.0 Å². The minimum atomic E-state index is -4.62. The van der Waals surface area contributed by atoms with Crippen LogP contribution in [0, 0.1) is 0 Å². The van der Waals surface area contributed by atoms with Crippen molar-refractivity contribution in [2.75, 3.05) is 5.32 Å².